The normalized spacial score (nSPS) is 11.8. The second-order valence-electron chi connectivity index (χ2n) is 4.85. The summed E-state index contributed by atoms with van der Waals surface area (Å²) in [5.74, 6) is 2.73. The molecule has 0 aromatic heterocycles. The summed E-state index contributed by atoms with van der Waals surface area (Å²) >= 11 is 0. The lowest BCUT2D eigenvalue weighted by molar-refractivity contribution is 0.354. The Labute approximate surface area is 126 Å². The van der Waals surface area contributed by atoms with Crippen LogP contribution in [-0.2, 0) is 0 Å². The van der Waals surface area contributed by atoms with Crippen molar-refractivity contribution in [2.24, 2.45) is 0 Å². The van der Waals surface area contributed by atoms with Crippen molar-refractivity contribution in [2.75, 3.05) is 21.3 Å². The summed E-state index contributed by atoms with van der Waals surface area (Å²) in [4.78, 5) is 0. The van der Waals surface area contributed by atoms with Crippen LogP contribution >= 0.6 is 0 Å². The number of methoxy groups -OCH3 is 3. The van der Waals surface area contributed by atoms with Gasteiger partial charge in [-0.3, -0.25) is 0 Å². The summed E-state index contributed by atoms with van der Waals surface area (Å²) in [6, 6.07) is 14.3. The number of ether oxygens (including phenoxy) is 3. The lowest BCUT2D eigenvalue weighted by Crippen LogP contribution is -2.01. The average Bonchev–Trinajstić information content (AvgIpc) is 2.56. The van der Waals surface area contributed by atoms with Crippen molar-refractivity contribution in [1.29, 1.82) is 0 Å². The summed E-state index contributed by atoms with van der Waals surface area (Å²) in [6.07, 6.45) is 1.02. The second-order valence-corrected chi connectivity index (χ2v) is 4.85. The highest BCUT2D eigenvalue weighted by Gasteiger charge is 2.15. The maximum Gasteiger partial charge on any atom is 0.161 e. The minimum Gasteiger partial charge on any atom is -0.497 e. The van der Waals surface area contributed by atoms with Gasteiger partial charge in [-0.15, -0.1) is 0 Å². The fourth-order valence-corrected chi connectivity index (χ4v) is 2.57. The zero-order valence-corrected chi connectivity index (χ0v) is 13.1. The highest BCUT2D eigenvalue weighted by atomic mass is 16.5. The molecule has 0 fully saturated rings. The molecular weight excluding hydrogens is 264 g/mol. The fraction of sp³-hybridized carbons (Fsp3) is 0.333. The van der Waals surface area contributed by atoms with Crippen LogP contribution in [0.2, 0.25) is 0 Å². The van der Waals surface area contributed by atoms with Crippen molar-refractivity contribution < 1.29 is 14.2 Å². The quantitative estimate of drug-likeness (QED) is 0.794. The van der Waals surface area contributed by atoms with E-state index < -0.39 is 0 Å². The zero-order valence-electron chi connectivity index (χ0n) is 13.1. The van der Waals surface area contributed by atoms with Crippen LogP contribution in [0.3, 0.4) is 0 Å². The molecule has 0 aliphatic carbocycles. The van der Waals surface area contributed by atoms with Crippen molar-refractivity contribution in [3.63, 3.8) is 0 Å². The Morgan fingerprint density at radius 2 is 1.38 bits per heavy atom. The summed E-state index contributed by atoms with van der Waals surface area (Å²) in [7, 11) is 4.99. The first-order chi connectivity index (χ1) is 10.2. The molecule has 0 spiro atoms. The van der Waals surface area contributed by atoms with E-state index in [1.807, 2.05) is 18.2 Å². The monoisotopic (exact) mass is 286 g/mol. The van der Waals surface area contributed by atoms with Gasteiger partial charge >= 0.3 is 0 Å². The van der Waals surface area contributed by atoms with Gasteiger partial charge in [-0.05, 0) is 41.8 Å². The van der Waals surface area contributed by atoms with Gasteiger partial charge in [0.2, 0.25) is 0 Å². The van der Waals surface area contributed by atoms with Crippen LogP contribution in [0.4, 0.5) is 0 Å². The molecule has 0 unspecified atom stereocenters. The predicted octanol–water partition coefficient (Wildman–Crippen LogP) is 4.25. The van der Waals surface area contributed by atoms with Crippen molar-refractivity contribution in [1.82, 2.24) is 0 Å². The van der Waals surface area contributed by atoms with Gasteiger partial charge in [0.15, 0.2) is 11.5 Å². The van der Waals surface area contributed by atoms with E-state index >= 15 is 0 Å². The molecule has 0 N–H and O–H groups in total. The second kappa shape index (κ2) is 7.02. The van der Waals surface area contributed by atoms with Crippen LogP contribution in [0, 0.1) is 0 Å². The minimum absolute atomic E-state index is 0.329. The highest BCUT2D eigenvalue weighted by molar-refractivity contribution is 5.46. The van der Waals surface area contributed by atoms with Crippen LogP contribution in [-0.4, -0.2) is 21.3 Å². The molecule has 3 nitrogen and oxygen atoms in total. The first-order valence-electron chi connectivity index (χ1n) is 7.09. The van der Waals surface area contributed by atoms with E-state index in [1.165, 1.54) is 11.1 Å². The molecule has 0 bridgehead atoms. The summed E-state index contributed by atoms with van der Waals surface area (Å²) in [5, 5.41) is 0. The summed E-state index contributed by atoms with van der Waals surface area (Å²) in [5.41, 5.74) is 2.49. The average molecular weight is 286 g/mol. The molecule has 0 amide bonds. The molecule has 0 saturated carbocycles. The Morgan fingerprint density at radius 3 is 1.90 bits per heavy atom. The van der Waals surface area contributed by atoms with Crippen molar-refractivity contribution in [3.05, 3.63) is 53.6 Å². The molecule has 0 heterocycles. The fourth-order valence-electron chi connectivity index (χ4n) is 2.57. The number of hydrogen-bond donors (Lipinski definition) is 0. The molecule has 2 aromatic carbocycles. The van der Waals surface area contributed by atoms with Crippen LogP contribution < -0.4 is 14.2 Å². The third kappa shape index (κ3) is 3.30. The lowest BCUT2D eigenvalue weighted by atomic mass is 9.89. The summed E-state index contributed by atoms with van der Waals surface area (Å²) in [6.45, 7) is 2.19. The van der Waals surface area contributed by atoms with Gasteiger partial charge < -0.3 is 14.2 Å². The Kier molecular flexibility index (Phi) is 5.09. The lowest BCUT2D eigenvalue weighted by Gasteiger charge is -2.18. The van der Waals surface area contributed by atoms with Crippen molar-refractivity contribution in [3.8, 4) is 17.2 Å². The first kappa shape index (κ1) is 15.2. The maximum absolute atomic E-state index is 5.40. The van der Waals surface area contributed by atoms with Crippen molar-refractivity contribution in [2.45, 2.75) is 19.3 Å². The Bertz CT molecular complexity index is 576. The van der Waals surface area contributed by atoms with Gasteiger partial charge in [0.05, 0.1) is 21.3 Å². The molecule has 0 aliphatic rings. The largest absolute Gasteiger partial charge is 0.497 e. The maximum atomic E-state index is 5.40. The third-order valence-electron chi connectivity index (χ3n) is 3.74. The molecule has 3 heteroatoms. The van der Waals surface area contributed by atoms with Gasteiger partial charge in [-0.1, -0.05) is 25.1 Å². The van der Waals surface area contributed by atoms with Gasteiger partial charge in [0.25, 0.3) is 0 Å². The molecule has 0 radical (unpaired) electrons. The Balaban J connectivity index is 2.35. The predicted molar refractivity (Wildman–Crippen MR) is 84.7 cm³/mol. The van der Waals surface area contributed by atoms with E-state index in [0.29, 0.717) is 5.92 Å². The Hall–Kier alpha value is -2.16. The van der Waals surface area contributed by atoms with Gasteiger partial charge in [-0.25, -0.2) is 0 Å². The van der Waals surface area contributed by atoms with Crippen LogP contribution in [0.25, 0.3) is 0 Å². The SMILES string of the molecule is CC[C@@H](c1ccc(OC)cc1)c1ccc(OC)c(OC)c1. The summed E-state index contributed by atoms with van der Waals surface area (Å²) < 4.78 is 15.9. The first-order valence-corrected chi connectivity index (χ1v) is 7.09. The number of hydrogen-bond acceptors (Lipinski definition) is 3. The molecule has 112 valence electrons. The number of benzene rings is 2. The zero-order chi connectivity index (χ0) is 15.2. The molecule has 21 heavy (non-hydrogen) atoms. The van der Waals surface area contributed by atoms with E-state index in [2.05, 4.69) is 31.2 Å². The van der Waals surface area contributed by atoms with Gasteiger partial charge in [0, 0.05) is 5.92 Å². The van der Waals surface area contributed by atoms with E-state index in [9.17, 15) is 0 Å². The minimum atomic E-state index is 0.329. The Morgan fingerprint density at radius 1 is 0.762 bits per heavy atom. The number of rotatable bonds is 6. The van der Waals surface area contributed by atoms with E-state index in [4.69, 9.17) is 14.2 Å². The van der Waals surface area contributed by atoms with E-state index in [-0.39, 0.29) is 0 Å². The van der Waals surface area contributed by atoms with Gasteiger partial charge in [0.1, 0.15) is 5.75 Å². The molecule has 2 aromatic rings. The van der Waals surface area contributed by atoms with Crippen LogP contribution in [0.5, 0.6) is 17.2 Å². The van der Waals surface area contributed by atoms with E-state index in [1.54, 1.807) is 21.3 Å². The molecule has 0 aliphatic heterocycles. The smallest absolute Gasteiger partial charge is 0.161 e. The topological polar surface area (TPSA) is 27.7 Å². The molecule has 2 rings (SSSR count). The van der Waals surface area contributed by atoms with Crippen LogP contribution in [0.1, 0.15) is 30.4 Å². The highest BCUT2D eigenvalue weighted by Crippen LogP contribution is 2.35. The third-order valence-corrected chi connectivity index (χ3v) is 3.74. The standard InChI is InChI=1S/C18H22O3/c1-5-16(13-6-9-15(19-2)10-7-13)14-8-11-17(20-3)18(12-14)21-4/h6-12,16H,5H2,1-4H3/t16-/m0/s1. The molecule has 1 atom stereocenters. The molecular formula is C18H22O3. The van der Waals surface area contributed by atoms with Crippen molar-refractivity contribution >= 4 is 0 Å². The molecule has 0 saturated heterocycles. The van der Waals surface area contributed by atoms with Crippen LogP contribution in [0.15, 0.2) is 42.5 Å². The van der Waals surface area contributed by atoms with E-state index in [0.717, 1.165) is 23.7 Å². The van der Waals surface area contributed by atoms with Gasteiger partial charge in [-0.2, -0.15) is 0 Å².